The Morgan fingerprint density at radius 1 is 1.41 bits per heavy atom. The Bertz CT molecular complexity index is 726. The summed E-state index contributed by atoms with van der Waals surface area (Å²) in [5.41, 5.74) is 11.7. The summed E-state index contributed by atoms with van der Waals surface area (Å²) in [6.45, 7) is -0.166. The van der Waals surface area contributed by atoms with Gasteiger partial charge in [0.1, 0.15) is 11.6 Å². The highest BCUT2D eigenvalue weighted by molar-refractivity contribution is 7.16. The molecule has 3 rings (SSSR count). The summed E-state index contributed by atoms with van der Waals surface area (Å²) in [5, 5.41) is 3.16. The van der Waals surface area contributed by atoms with Crippen molar-refractivity contribution in [1.82, 2.24) is 4.98 Å². The number of nitrogens with zero attached hydrogens (tertiary/aromatic N) is 1. The molecule has 0 saturated carbocycles. The fourth-order valence-electron chi connectivity index (χ4n) is 2.36. The standard InChI is InChI=1S/C14H14N4O3S/c15-10(19)6-21-8-3-1-7(2-4-8)9-5-11(20)17-13-12(9)22-14(16)18-13/h1-4,9H,5-6H2,(H2,15,19)(H2,16,18)(H,17,20)/t9-/m0/s1. The lowest BCUT2D eigenvalue weighted by Gasteiger charge is -2.21. The number of nitrogen functional groups attached to an aromatic ring is 1. The smallest absolute Gasteiger partial charge is 0.255 e. The molecule has 2 aromatic rings. The van der Waals surface area contributed by atoms with Crippen molar-refractivity contribution in [3.63, 3.8) is 0 Å². The number of anilines is 2. The van der Waals surface area contributed by atoms with Crippen molar-refractivity contribution in [1.29, 1.82) is 0 Å². The highest BCUT2D eigenvalue weighted by Gasteiger charge is 2.29. The zero-order chi connectivity index (χ0) is 15.7. The zero-order valence-corrected chi connectivity index (χ0v) is 12.4. The highest BCUT2D eigenvalue weighted by Crippen LogP contribution is 2.41. The number of benzene rings is 1. The van der Waals surface area contributed by atoms with Crippen molar-refractivity contribution in [2.45, 2.75) is 12.3 Å². The van der Waals surface area contributed by atoms with E-state index in [0.29, 0.717) is 23.1 Å². The van der Waals surface area contributed by atoms with Crippen LogP contribution in [0.15, 0.2) is 24.3 Å². The van der Waals surface area contributed by atoms with E-state index in [1.54, 1.807) is 12.1 Å². The number of ether oxygens (including phenoxy) is 1. The fourth-order valence-corrected chi connectivity index (χ4v) is 3.27. The molecular formula is C14H14N4O3S. The quantitative estimate of drug-likeness (QED) is 0.778. The van der Waals surface area contributed by atoms with Crippen LogP contribution in [0.2, 0.25) is 0 Å². The van der Waals surface area contributed by atoms with Crippen molar-refractivity contribution in [3.8, 4) is 5.75 Å². The Kier molecular flexibility index (Phi) is 3.68. The van der Waals surface area contributed by atoms with Crippen LogP contribution in [0, 0.1) is 0 Å². The predicted molar refractivity (Wildman–Crippen MR) is 82.7 cm³/mol. The molecule has 0 bridgehead atoms. The summed E-state index contributed by atoms with van der Waals surface area (Å²) in [6.07, 6.45) is 0.343. The van der Waals surface area contributed by atoms with E-state index < -0.39 is 5.91 Å². The molecule has 1 aromatic carbocycles. The summed E-state index contributed by atoms with van der Waals surface area (Å²) < 4.78 is 5.22. The van der Waals surface area contributed by atoms with E-state index in [1.165, 1.54) is 11.3 Å². The summed E-state index contributed by atoms with van der Waals surface area (Å²) in [6, 6.07) is 7.21. The first kappa shape index (κ1) is 14.3. The number of hydrogen-bond acceptors (Lipinski definition) is 6. The number of hydrogen-bond donors (Lipinski definition) is 3. The van der Waals surface area contributed by atoms with E-state index in [-0.39, 0.29) is 18.4 Å². The molecule has 8 heteroatoms. The number of carbonyl (C=O) groups excluding carboxylic acids is 2. The second kappa shape index (κ2) is 5.64. The van der Waals surface area contributed by atoms with Crippen molar-refractivity contribution in [2.24, 2.45) is 5.73 Å². The second-order valence-corrected chi connectivity index (χ2v) is 5.96. The third-order valence-corrected chi connectivity index (χ3v) is 4.30. The number of aromatic nitrogens is 1. The minimum absolute atomic E-state index is 0.0799. The van der Waals surface area contributed by atoms with Crippen molar-refractivity contribution < 1.29 is 14.3 Å². The Balaban J connectivity index is 1.84. The molecule has 1 atom stereocenters. The van der Waals surface area contributed by atoms with Gasteiger partial charge < -0.3 is 21.5 Å². The van der Waals surface area contributed by atoms with Crippen LogP contribution in [0.1, 0.15) is 22.8 Å². The molecule has 0 fully saturated rings. The number of carbonyl (C=O) groups is 2. The molecule has 114 valence electrons. The average Bonchev–Trinajstić information content (AvgIpc) is 2.85. The third kappa shape index (κ3) is 2.86. The van der Waals surface area contributed by atoms with Crippen LogP contribution in [0.3, 0.4) is 0 Å². The lowest BCUT2D eigenvalue weighted by atomic mass is 9.91. The Hall–Kier alpha value is -2.61. The normalized spacial score (nSPS) is 16.7. The van der Waals surface area contributed by atoms with E-state index in [4.69, 9.17) is 16.2 Å². The second-order valence-electron chi connectivity index (χ2n) is 4.89. The first-order valence-electron chi connectivity index (χ1n) is 6.60. The van der Waals surface area contributed by atoms with Crippen molar-refractivity contribution in [2.75, 3.05) is 17.7 Å². The van der Waals surface area contributed by atoms with Gasteiger partial charge in [0.05, 0.1) is 4.88 Å². The summed E-state index contributed by atoms with van der Waals surface area (Å²) in [7, 11) is 0. The average molecular weight is 318 g/mol. The molecule has 1 aromatic heterocycles. The van der Waals surface area contributed by atoms with Gasteiger partial charge in [-0.2, -0.15) is 0 Å². The van der Waals surface area contributed by atoms with Gasteiger partial charge in [0.15, 0.2) is 11.7 Å². The van der Waals surface area contributed by atoms with Gasteiger partial charge in [-0.1, -0.05) is 23.5 Å². The van der Waals surface area contributed by atoms with Crippen LogP contribution in [0.4, 0.5) is 10.9 Å². The first-order valence-corrected chi connectivity index (χ1v) is 7.41. The number of rotatable bonds is 4. The number of thiazole rings is 1. The van der Waals surface area contributed by atoms with Crippen molar-refractivity contribution >= 4 is 34.1 Å². The van der Waals surface area contributed by atoms with Crippen molar-refractivity contribution in [3.05, 3.63) is 34.7 Å². The molecule has 0 saturated heterocycles. The van der Waals surface area contributed by atoms with Gasteiger partial charge in [0.2, 0.25) is 5.91 Å². The van der Waals surface area contributed by atoms with Crippen LogP contribution in [0.5, 0.6) is 5.75 Å². The number of nitrogens with two attached hydrogens (primary N) is 2. The van der Waals surface area contributed by atoms with Gasteiger partial charge in [-0.05, 0) is 17.7 Å². The largest absolute Gasteiger partial charge is 0.484 e. The number of primary amides is 1. The lowest BCUT2D eigenvalue weighted by Crippen LogP contribution is -2.22. The van der Waals surface area contributed by atoms with E-state index >= 15 is 0 Å². The molecule has 2 heterocycles. The maximum absolute atomic E-state index is 11.8. The Morgan fingerprint density at radius 3 is 2.82 bits per heavy atom. The number of fused-ring (bicyclic) bond motifs is 1. The molecule has 5 N–H and O–H groups in total. The molecule has 0 spiro atoms. The lowest BCUT2D eigenvalue weighted by molar-refractivity contribution is -0.120. The predicted octanol–water partition coefficient (Wildman–Crippen LogP) is 1.06. The van der Waals surface area contributed by atoms with Gasteiger partial charge in [-0.25, -0.2) is 4.98 Å². The van der Waals surface area contributed by atoms with E-state index in [9.17, 15) is 9.59 Å². The Labute approximate surface area is 130 Å². The third-order valence-electron chi connectivity index (χ3n) is 3.30. The van der Waals surface area contributed by atoms with Gasteiger partial charge in [-0.15, -0.1) is 0 Å². The molecule has 0 unspecified atom stereocenters. The van der Waals surface area contributed by atoms with Crippen LogP contribution in [0.25, 0.3) is 0 Å². The molecule has 1 aliphatic rings. The van der Waals surface area contributed by atoms with E-state index in [0.717, 1.165) is 10.4 Å². The first-order chi connectivity index (χ1) is 10.5. The van der Waals surface area contributed by atoms with E-state index in [2.05, 4.69) is 10.3 Å². The number of amides is 2. The minimum Gasteiger partial charge on any atom is -0.484 e. The molecule has 2 amide bonds. The molecule has 22 heavy (non-hydrogen) atoms. The highest BCUT2D eigenvalue weighted by atomic mass is 32.1. The molecule has 1 aliphatic heterocycles. The minimum atomic E-state index is -0.530. The molecule has 0 aliphatic carbocycles. The topological polar surface area (TPSA) is 120 Å². The summed E-state index contributed by atoms with van der Waals surface area (Å²) in [5.74, 6) is 0.392. The van der Waals surface area contributed by atoms with Crippen LogP contribution >= 0.6 is 11.3 Å². The molecular weight excluding hydrogens is 304 g/mol. The summed E-state index contributed by atoms with van der Waals surface area (Å²) >= 11 is 1.37. The molecule has 7 nitrogen and oxygen atoms in total. The maximum Gasteiger partial charge on any atom is 0.255 e. The van der Waals surface area contributed by atoms with Crippen LogP contribution in [-0.2, 0) is 9.59 Å². The SMILES string of the molecule is NC(=O)COc1ccc([C@@H]2CC(=O)Nc3nc(N)sc32)cc1. The van der Waals surface area contributed by atoms with Gasteiger partial charge in [0.25, 0.3) is 5.91 Å². The van der Waals surface area contributed by atoms with Gasteiger partial charge in [0, 0.05) is 12.3 Å². The summed E-state index contributed by atoms with van der Waals surface area (Å²) in [4.78, 5) is 27.6. The van der Waals surface area contributed by atoms with E-state index in [1.807, 2.05) is 12.1 Å². The molecule has 0 radical (unpaired) electrons. The van der Waals surface area contributed by atoms with Crippen LogP contribution in [-0.4, -0.2) is 23.4 Å². The fraction of sp³-hybridized carbons (Fsp3) is 0.214. The van der Waals surface area contributed by atoms with Crippen LogP contribution < -0.4 is 21.5 Å². The zero-order valence-electron chi connectivity index (χ0n) is 11.5. The van der Waals surface area contributed by atoms with Gasteiger partial charge in [-0.3, -0.25) is 9.59 Å². The number of nitrogens with one attached hydrogen (secondary N) is 1. The monoisotopic (exact) mass is 318 g/mol. The maximum atomic E-state index is 11.8. The van der Waals surface area contributed by atoms with Gasteiger partial charge >= 0.3 is 0 Å². The Morgan fingerprint density at radius 2 is 2.14 bits per heavy atom.